The van der Waals surface area contributed by atoms with Crippen molar-refractivity contribution in [1.29, 1.82) is 0 Å². The highest BCUT2D eigenvalue weighted by Gasteiger charge is 2.49. The number of carbonyl (C=O) groups is 2. The molecule has 1 saturated carbocycles. The van der Waals surface area contributed by atoms with Crippen molar-refractivity contribution < 1.29 is 14.2 Å². The molecule has 4 aliphatic rings. The Labute approximate surface area is 171 Å². The maximum atomic E-state index is 12.9. The Bertz CT molecular complexity index is 748. The number of piperidine rings is 1. The number of thioether (sulfide) groups is 1. The number of imide groups is 1. The molecule has 0 aromatic carbocycles. The molecule has 0 bridgehead atoms. The number of rotatable bonds is 4. The summed E-state index contributed by atoms with van der Waals surface area (Å²) in [6.45, 7) is 3.35. The van der Waals surface area contributed by atoms with Gasteiger partial charge in [-0.2, -0.15) is 9.48 Å². The Kier molecular flexibility index (Phi) is 5.96. The quantitative estimate of drug-likeness (QED) is 0.675. The summed E-state index contributed by atoms with van der Waals surface area (Å²) in [6.07, 6.45) is 8.48. The van der Waals surface area contributed by atoms with E-state index in [9.17, 15) is 9.59 Å². The van der Waals surface area contributed by atoms with Crippen molar-refractivity contribution >= 4 is 40.4 Å². The number of amidine groups is 2. The highest BCUT2D eigenvalue weighted by atomic mass is 32.2. The minimum atomic E-state index is -0.538. The van der Waals surface area contributed by atoms with Gasteiger partial charge in [0.15, 0.2) is 5.92 Å². The van der Waals surface area contributed by atoms with Crippen LogP contribution in [0.3, 0.4) is 0 Å². The fourth-order valence-corrected chi connectivity index (χ4v) is 5.62. The van der Waals surface area contributed by atoms with Crippen LogP contribution in [0.25, 0.3) is 0 Å². The summed E-state index contributed by atoms with van der Waals surface area (Å²) in [4.78, 5) is 38.6. The van der Waals surface area contributed by atoms with Gasteiger partial charge in [0.25, 0.3) is 5.84 Å². The number of likely N-dealkylation sites (tertiary alicyclic amines) is 1. The topological polar surface area (TPSA) is 68.3 Å². The molecule has 2 fully saturated rings. The van der Waals surface area contributed by atoms with Gasteiger partial charge in [0, 0.05) is 18.2 Å². The molecule has 1 aliphatic carbocycles. The number of carbonyl (C=O) groups excluding carboxylic acids is 2. The van der Waals surface area contributed by atoms with Crippen LogP contribution >= 0.6 is 11.8 Å². The van der Waals surface area contributed by atoms with E-state index in [0.29, 0.717) is 11.8 Å². The van der Waals surface area contributed by atoms with E-state index in [4.69, 9.17) is 9.98 Å². The number of nitrogens with zero attached hydrogens (tertiary/aromatic N) is 5. The maximum absolute atomic E-state index is 12.9. The predicted octanol–water partition coefficient (Wildman–Crippen LogP) is 2.46. The molecule has 0 N–H and O–H groups in total. The number of fused-ring (bicyclic) bond motifs is 1. The van der Waals surface area contributed by atoms with Crippen LogP contribution in [-0.4, -0.2) is 82.5 Å². The fourth-order valence-electron chi connectivity index (χ4n) is 4.53. The Balaban J connectivity index is 1.57. The smallest absolute Gasteiger partial charge is 0.303 e. The number of amides is 3. The Morgan fingerprint density at radius 2 is 1.79 bits per heavy atom. The van der Waals surface area contributed by atoms with Crippen LogP contribution in [0.5, 0.6) is 0 Å². The van der Waals surface area contributed by atoms with Crippen molar-refractivity contribution in [2.75, 3.05) is 39.5 Å². The standard InChI is InChI=1S/C20H30N5O2S/c1-23-17-15(19(26)24(2)20(23)27)18(22-16(21-17)14-8-4-5-9-14)28-13-12-25-10-6-3-7-11-25/h14-15H,3-13H2,1-2H3/q+1. The van der Waals surface area contributed by atoms with E-state index < -0.39 is 5.92 Å². The highest BCUT2D eigenvalue weighted by molar-refractivity contribution is 8.14. The summed E-state index contributed by atoms with van der Waals surface area (Å²) >= 11 is 1.67. The van der Waals surface area contributed by atoms with Crippen molar-refractivity contribution in [2.24, 2.45) is 21.8 Å². The Morgan fingerprint density at radius 3 is 2.50 bits per heavy atom. The van der Waals surface area contributed by atoms with Crippen LogP contribution in [0, 0.1) is 11.8 Å². The van der Waals surface area contributed by atoms with E-state index in [1.807, 2.05) is 0 Å². The van der Waals surface area contributed by atoms with Crippen LogP contribution in [-0.2, 0) is 4.79 Å². The SMILES string of the molecule is CN1C(=O)C2C(SCCN3CCCCC3)=NC(C3CCCC3)=NC2=[N+](C)C1=O. The van der Waals surface area contributed by atoms with E-state index in [1.54, 1.807) is 25.9 Å². The third kappa shape index (κ3) is 3.81. The van der Waals surface area contributed by atoms with Crippen LogP contribution < -0.4 is 0 Å². The second-order valence-corrected chi connectivity index (χ2v) is 9.30. The van der Waals surface area contributed by atoms with E-state index in [1.165, 1.54) is 54.7 Å². The molecule has 3 amide bonds. The van der Waals surface area contributed by atoms with E-state index in [0.717, 1.165) is 36.0 Å². The third-order valence-electron chi connectivity index (χ3n) is 6.28. The summed E-state index contributed by atoms with van der Waals surface area (Å²) in [7, 11) is 3.26. The van der Waals surface area contributed by atoms with Gasteiger partial charge in [0.1, 0.15) is 5.04 Å². The van der Waals surface area contributed by atoms with Crippen LogP contribution in [0.15, 0.2) is 9.98 Å². The molecule has 3 aliphatic heterocycles. The van der Waals surface area contributed by atoms with Crippen LogP contribution in [0.4, 0.5) is 4.79 Å². The first kappa shape index (κ1) is 19.8. The molecule has 0 aromatic heterocycles. The highest BCUT2D eigenvalue weighted by Crippen LogP contribution is 2.32. The zero-order chi connectivity index (χ0) is 19.7. The van der Waals surface area contributed by atoms with Crippen LogP contribution in [0.2, 0.25) is 0 Å². The molecule has 0 spiro atoms. The maximum Gasteiger partial charge on any atom is 0.445 e. The average molecular weight is 405 g/mol. The van der Waals surface area contributed by atoms with Gasteiger partial charge in [-0.1, -0.05) is 24.3 Å². The molecule has 3 heterocycles. The first-order chi connectivity index (χ1) is 13.6. The second kappa shape index (κ2) is 8.45. The molecule has 28 heavy (non-hydrogen) atoms. The van der Waals surface area contributed by atoms with Crippen LogP contribution in [0.1, 0.15) is 44.9 Å². The van der Waals surface area contributed by atoms with Gasteiger partial charge in [0.2, 0.25) is 5.84 Å². The average Bonchev–Trinajstić information content (AvgIpc) is 3.26. The molecule has 7 nitrogen and oxygen atoms in total. The minimum Gasteiger partial charge on any atom is -0.303 e. The lowest BCUT2D eigenvalue weighted by Crippen LogP contribution is -2.55. The van der Waals surface area contributed by atoms with Gasteiger partial charge >= 0.3 is 11.9 Å². The zero-order valence-corrected chi connectivity index (χ0v) is 17.7. The lowest BCUT2D eigenvalue weighted by molar-refractivity contribution is -0.407. The first-order valence-corrected chi connectivity index (χ1v) is 11.5. The number of hydrogen-bond acceptors (Lipinski definition) is 6. The molecule has 1 atom stereocenters. The van der Waals surface area contributed by atoms with Gasteiger partial charge < -0.3 is 4.90 Å². The number of urea groups is 1. The molecule has 0 radical (unpaired) electrons. The monoisotopic (exact) mass is 404 g/mol. The molecule has 1 unspecified atom stereocenters. The molecule has 152 valence electrons. The summed E-state index contributed by atoms with van der Waals surface area (Å²) in [5.41, 5.74) is 0. The van der Waals surface area contributed by atoms with Crippen molar-refractivity contribution in [2.45, 2.75) is 44.9 Å². The normalized spacial score (nSPS) is 27.2. The molecule has 4 rings (SSSR count). The van der Waals surface area contributed by atoms with Crippen molar-refractivity contribution in [3.8, 4) is 0 Å². The van der Waals surface area contributed by atoms with E-state index in [-0.39, 0.29) is 11.9 Å². The van der Waals surface area contributed by atoms with Gasteiger partial charge in [-0.05, 0) is 38.8 Å². The van der Waals surface area contributed by atoms with E-state index in [2.05, 4.69) is 4.90 Å². The van der Waals surface area contributed by atoms with Crippen molar-refractivity contribution in [3.05, 3.63) is 0 Å². The van der Waals surface area contributed by atoms with Gasteiger partial charge in [-0.3, -0.25) is 4.79 Å². The summed E-state index contributed by atoms with van der Waals surface area (Å²) in [5, 5.41) is 0.820. The van der Waals surface area contributed by atoms with Crippen molar-refractivity contribution in [3.63, 3.8) is 0 Å². The molecule has 0 aromatic rings. The third-order valence-corrected chi connectivity index (χ3v) is 7.29. The Morgan fingerprint density at radius 1 is 1.07 bits per heavy atom. The minimum absolute atomic E-state index is 0.212. The molecular formula is C20H30N5O2S+. The second-order valence-electron chi connectivity index (χ2n) is 8.18. The molecule has 8 heteroatoms. The molecule has 1 saturated heterocycles. The van der Waals surface area contributed by atoms with Gasteiger partial charge in [-0.15, -0.1) is 11.8 Å². The van der Waals surface area contributed by atoms with Gasteiger partial charge in [0.05, 0.1) is 14.1 Å². The lowest BCUT2D eigenvalue weighted by Gasteiger charge is -2.28. The first-order valence-electron chi connectivity index (χ1n) is 10.5. The summed E-state index contributed by atoms with van der Waals surface area (Å²) < 4.78 is 1.53. The van der Waals surface area contributed by atoms with Crippen molar-refractivity contribution in [1.82, 2.24) is 9.80 Å². The number of aliphatic imine (C=N–C) groups is 2. The Hall–Kier alpha value is -1.54. The summed E-state index contributed by atoms with van der Waals surface area (Å²) in [5.74, 6) is 1.90. The van der Waals surface area contributed by atoms with Gasteiger partial charge in [-0.25, -0.2) is 9.79 Å². The fraction of sp³-hybridized carbons (Fsp3) is 0.750. The number of hydrogen-bond donors (Lipinski definition) is 0. The largest absolute Gasteiger partial charge is 0.445 e. The molecular weight excluding hydrogens is 374 g/mol. The summed E-state index contributed by atoms with van der Waals surface area (Å²) in [6, 6.07) is -0.315. The zero-order valence-electron chi connectivity index (χ0n) is 16.9. The predicted molar refractivity (Wildman–Crippen MR) is 112 cm³/mol. The van der Waals surface area contributed by atoms with E-state index >= 15 is 0 Å². The lowest BCUT2D eigenvalue weighted by atomic mass is 10.0.